The molecule has 1 saturated heterocycles. The molecule has 1 aliphatic heterocycles. The van der Waals surface area contributed by atoms with E-state index in [2.05, 4.69) is 9.80 Å². The summed E-state index contributed by atoms with van der Waals surface area (Å²) in [6.45, 7) is 3.54. The van der Waals surface area contributed by atoms with Gasteiger partial charge in [0.1, 0.15) is 0 Å². The molecule has 1 aromatic rings. The summed E-state index contributed by atoms with van der Waals surface area (Å²) in [4.78, 5) is 25.5. The van der Waals surface area contributed by atoms with Crippen LogP contribution in [0.5, 0.6) is 0 Å². The van der Waals surface area contributed by atoms with Crippen LogP contribution in [0.4, 0.5) is 11.4 Å². The Bertz CT molecular complexity index is 578. The van der Waals surface area contributed by atoms with Crippen LogP contribution in [0.3, 0.4) is 0 Å². The van der Waals surface area contributed by atoms with Crippen molar-refractivity contribution in [1.82, 2.24) is 4.90 Å². The zero-order chi connectivity index (χ0) is 15.4. The topological polar surface area (TPSA) is 86.9 Å². The zero-order valence-electron chi connectivity index (χ0n) is 11.7. The van der Waals surface area contributed by atoms with Crippen LogP contribution in [0.15, 0.2) is 24.3 Å². The molecule has 0 spiro atoms. The normalized spacial score (nSPS) is 16.3. The summed E-state index contributed by atoms with van der Waals surface area (Å²) in [5, 5.41) is 19.7. The number of nitro benzene ring substituents is 1. The van der Waals surface area contributed by atoms with Crippen molar-refractivity contribution >= 4 is 23.4 Å². The van der Waals surface area contributed by atoms with Crippen LogP contribution in [0.1, 0.15) is 5.56 Å². The maximum Gasteiger partial charge on any atom is 0.328 e. The van der Waals surface area contributed by atoms with Crippen molar-refractivity contribution in [3.8, 4) is 0 Å². The van der Waals surface area contributed by atoms with Crippen LogP contribution >= 0.6 is 0 Å². The van der Waals surface area contributed by atoms with Gasteiger partial charge in [-0.2, -0.15) is 0 Å². The first-order chi connectivity index (χ1) is 9.97. The van der Waals surface area contributed by atoms with E-state index in [1.54, 1.807) is 12.1 Å². The van der Waals surface area contributed by atoms with Crippen molar-refractivity contribution in [2.75, 3.05) is 38.1 Å². The number of likely N-dealkylation sites (N-methyl/N-ethyl adjacent to an activating group) is 1. The van der Waals surface area contributed by atoms with Gasteiger partial charge >= 0.3 is 5.97 Å². The minimum Gasteiger partial charge on any atom is -0.478 e. The Kier molecular flexibility index (Phi) is 4.54. The molecule has 0 atom stereocenters. The van der Waals surface area contributed by atoms with E-state index in [-0.39, 0.29) is 5.69 Å². The van der Waals surface area contributed by atoms with Gasteiger partial charge in [-0.3, -0.25) is 10.1 Å². The number of rotatable bonds is 4. The van der Waals surface area contributed by atoms with Gasteiger partial charge in [0.15, 0.2) is 0 Å². The fraction of sp³-hybridized carbons (Fsp3) is 0.357. The molecule has 1 heterocycles. The number of nitrogens with zero attached hydrogens (tertiary/aromatic N) is 3. The van der Waals surface area contributed by atoms with E-state index in [4.69, 9.17) is 5.11 Å². The molecule has 0 bridgehead atoms. The zero-order valence-corrected chi connectivity index (χ0v) is 11.7. The third kappa shape index (κ3) is 3.79. The van der Waals surface area contributed by atoms with Crippen molar-refractivity contribution < 1.29 is 14.8 Å². The van der Waals surface area contributed by atoms with Gasteiger partial charge in [0, 0.05) is 44.0 Å². The SMILES string of the molecule is CN1CCN(c2ccc([N+](=O)[O-])c(/C=C/C(=O)O)c2)CC1. The largest absolute Gasteiger partial charge is 0.478 e. The third-order valence-corrected chi connectivity index (χ3v) is 3.48. The highest BCUT2D eigenvalue weighted by Gasteiger charge is 2.18. The Morgan fingerprint density at radius 1 is 1.33 bits per heavy atom. The van der Waals surface area contributed by atoms with Gasteiger partial charge in [0.2, 0.25) is 0 Å². The fourth-order valence-corrected chi connectivity index (χ4v) is 2.26. The molecular weight excluding hydrogens is 274 g/mol. The second-order valence-electron chi connectivity index (χ2n) is 4.96. The third-order valence-electron chi connectivity index (χ3n) is 3.48. The lowest BCUT2D eigenvalue weighted by Crippen LogP contribution is -2.44. The number of carbonyl (C=O) groups is 1. The Balaban J connectivity index is 2.30. The highest BCUT2D eigenvalue weighted by molar-refractivity contribution is 5.86. The van der Waals surface area contributed by atoms with Gasteiger partial charge in [-0.15, -0.1) is 0 Å². The number of hydrogen-bond acceptors (Lipinski definition) is 5. The molecule has 0 radical (unpaired) electrons. The minimum absolute atomic E-state index is 0.0922. The molecular formula is C14H17N3O4. The lowest BCUT2D eigenvalue weighted by atomic mass is 10.1. The molecule has 0 aromatic heterocycles. The van der Waals surface area contributed by atoms with E-state index in [0.29, 0.717) is 5.56 Å². The predicted octanol–water partition coefficient (Wildman–Crippen LogP) is 1.44. The summed E-state index contributed by atoms with van der Waals surface area (Å²) in [7, 11) is 2.05. The molecule has 0 unspecified atom stereocenters. The van der Waals surface area contributed by atoms with Crippen LogP contribution in [0.2, 0.25) is 0 Å². The summed E-state index contributed by atoms with van der Waals surface area (Å²) in [6.07, 6.45) is 2.18. The van der Waals surface area contributed by atoms with Crippen LogP contribution in [0, 0.1) is 10.1 Å². The Morgan fingerprint density at radius 3 is 2.57 bits per heavy atom. The highest BCUT2D eigenvalue weighted by Crippen LogP contribution is 2.26. The summed E-state index contributed by atoms with van der Waals surface area (Å²) in [5.41, 5.74) is 1.09. The van der Waals surface area contributed by atoms with E-state index in [9.17, 15) is 14.9 Å². The average molecular weight is 291 g/mol. The molecule has 1 fully saturated rings. The molecule has 21 heavy (non-hydrogen) atoms. The van der Waals surface area contributed by atoms with Gasteiger partial charge in [-0.05, 0) is 25.3 Å². The first-order valence-corrected chi connectivity index (χ1v) is 6.60. The molecule has 1 aromatic carbocycles. The Labute approximate surface area is 122 Å². The summed E-state index contributed by atoms with van der Waals surface area (Å²) in [5.74, 6) is -1.13. The number of anilines is 1. The number of piperazine rings is 1. The Morgan fingerprint density at radius 2 is 2.00 bits per heavy atom. The first-order valence-electron chi connectivity index (χ1n) is 6.60. The number of carboxylic acid groups (broad SMARTS) is 1. The Hall–Kier alpha value is -2.41. The maximum atomic E-state index is 11.0. The molecule has 0 aliphatic carbocycles. The average Bonchev–Trinajstić information content (AvgIpc) is 2.45. The van der Waals surface area contributed by atoms with Gasteiger partial charge in [0.25, 0.3) is 5.69 Å². The van der Waals surface area contributed by atoms with E-state index >= 15 is 0 Å². The molecule has 1 aliphatic rings. The van der Waals surface area contributed by atoms with Gasteiger partial charge in [-0.1, -0.05) is 0 Å². The van der Waals surface area contributed by atoms with Crippen LogP contribution in [-0.2, 0) is 4.79 Å². The lowest BCUT2D eigenvalue weighted by Gasteiger charge is -2.34. The molecule has 7 nitrogen and oxygen atoms in total. The summed E-state index contributed by atoms with van der Waals surface area (Å²) < 4.78 is 0. The number of benzene rings is 1. The monoisotopic (exact) mass is 291 g/mol. The lowest BCUT2D eigenvalue weighted by molar-refractivity contribution is -0.385. The second kappa shape index (κ2) is 6.36. The molecule has 0 amide bonds. The summed E-state index contributed by atoms with van der Waals surface area (Å²) >= 11 is 0. The van der Waals surface area contributed by atoms with Gasteiger partial charge < -0.3 is 14.9 Å². The predicted molar refractivity (Wildman–Crippen MR) is 79.5 cm³/mol. The van der Waals surface area contributed by atoms with Crippen molar-refractivity contribution in [2.24, 2.45) is 0 Å². The first kappa shape index (κ1) is 15.0. The summed E-state index contributed by atoms with van der Waals surface area (Å²) in [6, 6.07) is 4.81. The van der Waals surface area contributed by atoms with E-state index < -0.39 is 10.9 Å². The smallest absolute Gasteiger partial charge is 0.328 e. The van der Waals surface area contributed by atoms with Crippen LogP contribution < -0.4 is 4.90 Å². The standard InChI is InChI=1S/C14H17N3O4/c1-15-6-8-16(9-7-15)12-3-4-13(17(20)21)11(10-12)2-5-14(18)19/h2-5,10H,6-9H2,1H3,(H,18,19)/b5-2+. The molecule has 112 valence electrons. The number of nitro groups is 1. The molecule has 0 saturated carbocycles. The van der Waals surface area contributed by atoms with Crippen molar-refractivity contribution in [3.63, 3.8) is 0 Å². The van der Waals surface area contributed by atoms with E-state index in [1.165, 1.54) is 12.1 Å². The minimum atomic E-state index is -1.13. The van der Waals surface area contributed by atoms with Crippen molar-refractivity contribution in [2.45, 2.75) is 0 Å². The molecule has 1 N–H and O–H groups in total. The maximum absolute atomic E-state index is 11.0. The van der Waals surface area contributed by atoms with Crippen molar-refractivity contribution in [1.29, 1.82) is 0 Å². The quantitative estimate of drug-likeness (QED) is 0.513. The van der Waals surface area contributed by atoms with Gasteiger partial charge in [-0.25, -0.2) is 4.79 Å². The number of hydrogen-bond donors (Lipinski definition) is 1. The highest BCUT2D eigenvalue weighted by atomic mass is 16.6. The fourth-order valence-electron chi connectivity index (χ4n) is 2.26. The molecule has 2 rings (SSSR count). The van der Waals surface area contributed by atoms with Crippen LogP contribution in [0.25, 0.3) is 6.08 Å². The number of carboxylic acids is 1. The second-order valence-corrected chi connectivity index (χ2v) is 4.96. The van der Waals surface area contributed by atoms with E-state index in [0.717, 1.165) is 37.9 Å². The van der Waals surface area contributed by atoms with E-state index in [1.807, 2.05) is 7.05 Å². The molecule has 7 heteroatoms. The number of aliphatic carboxylic acids is 1. The van der Waals surface area contributed by atoms with Crippen LogP contribution in [-0.4, -0.2) is 54.1 Å². The van der Waals surface area contributed by atoms with Gasteiger partial charge in [0.05, 0.1) is 10.5 Å². The van der Waals surface area contributed by atoms with Crippen molar-refractivity contribution in [3.05, 3.63) is 40.0 Å².